The maximum atomic E-state index is 13.4. The van der Waals surface area contributed by atoms with Gasteiger partial charge in [0, 0.05) is 30.0 Å². The quantitative estimate of drug-likeness (QED) is 0.173. The van der Waals surface area contributed by atoms with Crippen molar-refractivity contribution >= 4 is 29.2 Å². The fraction of sp³-hybridized carbons (Fsp3) is 0.270. The van der Waals surface area contributed by atoms with Gasteiger partial charge in [-0.1, -0.05) is 60.7 Å². The molecule has 250 valence electrons. The van der Waals surface area contributed by atoms with Gasteiger partial charge in [0.1, 0.15) is 0 Å². The van der Waals surface area contributed by atoms with E-state index in [-0.39, 0.29) is 17.7 Å². The molecule has 8 nitrogen and oxygen atoms in total. The number of hydrogen-bond donors (Lipinski definition) is 3. The Morgan fingerprint density at radius 3 is 2.10 bits per heavy atom. The molecule has 2 atom stereocenters. The zero-order valence-electron chi connectivity index (χ0n) is 26.2. The average molecular weight is 660 g/mol. The van der Waals surface area contributed by atoms with Crippen LogP contribution in [0.25, 0.3) is 11.1 Å². The topological polar surface area (TPSA) is 108 Å². The molecule has 11 heteroatoms. The maximum Gasteiger partial charge on any atom is 0.416 e. The Hall–Kier alpha value is -5.16. The van der Waals surface area contributed by atoms with Gasteiger partial charge in [0.2, 0.25) is 5.91 Å². The third-order valence-electron chi connectivity index (χ3n) is 8.62. The van der Waals surface area contributed by atoms with Gasteiger partial charge in [0.15, 0.2) is 6.04 Å². The lowest BCUT2D eigenvalue weighted by molar-refractivity contribution is -0.146. The number of carbonyl (C=O) groups is 3. The largest absolute Gasteiger partial charge is 0.467 e. The molecule has 0 radical (unpaired) electrons. The molecule has 0 saturated carbocycles. The average Bonchev–Trinajstić information content (AvgIpc) is 3.11. The van der Waals surface area contributed by atoms with Crippen molar-refractivity contribution in [1.29, 1.82) is 0 Å². The summed E-state index contributed by atoms with van der Waals surface area (Å²) in [7, 11) is 1.20. The number of anilines is 2. The van der Waals surface area contributed by atoms with Crippen LogP contribution in [0.1, 0.15) is 40.2 Å². The Balaban J connectivity index is 1.23. The number of hydrogen-bond acceptors (Lipinski definition) is 6. The lowest BCUT2D eigenvalue weighted by Gasteiger charge is -2.37. The number of rotatable bonds is 10. The summed E-state index contributed by atoms with van der Waals surface area (Å²) in [6, 6.07) is 27.1. The second-order valence-electron chi connectivity index (χ2n) is 11.6. The number of aliphatic hydroxyl groups is 1. The number of piperidine rings is 1. The SMILES string of the molecule is COC(=O)C(CO)NC(=O)C(c1ccccc1)C1CCN(c2ccc(NC(=O)c3ccccc3-c3ccc(C(F)(F)F)cc3)cc2)CC1. The summed E-state index contributed by atoms with van der Waals surface area (Å²) in [4.78, 5) is 40.9. The normalized spacial score (nSPS) is 14.9. The minimum Gasteiger partial charge on any atom is -0.467 e. The molecule has 0 bridgehead atoms. The minimum absolute atomic E-state index is 0.0102. The highest BCUT2D eigenvalue weighted by molar-refractivity contribution is 6.08. The first-order chi connectivity index (χ1) is 23.1. The number of alkyl halides is 3. The number of carbonyl (C=O) groups excluding carboxylic acids is 3. The molecule has 1 heterocycles. The summed E-state index contributed by atoms with van der Waals surface area (Å²) in [5.74, 6) is -1.97. The first-order valence-corrected chi connectivity index (χ1v) is 15.6. The summed E-state index contributed by atoms with van der Waals surface area (Å²) in [6.07, 6.45) is -3.04. The lowest BCUT2D eigenvalue weighted by atomic mass is 9.79. The monoisotopic (exact) mass is 659 g/mol. The van der Waals surface area contributed by atoms with Crippen molar-refractivity contribution < 1.29 is 37.4 Å². The van der Waals surface area contributed by atoms with Crippen molar-refractivity contribution in [2.24, 2.45) is 5.92 Å². The van der Waals surface area contributed by atoms with Crippen LogP contribution < -0.4 is 15.5 Å². The van der Waals surface area contributed by atoms with Crippen molar-refractivity contribution in [2.45, 2.75) is 31.0 Å². The van der Waals surface area contributed by atoms with Crippen LogP contribution in [0.15, 0.2) is 103 Å². The molecule has 1 aliphatic rings. The molecule has 2 unspecified atom stereocenters. The molecule has 0 aromatic heterocycles. The second-order valence-corrected chi connectivity index (χ2v) is 11.6. The summed E-state index contributed by atoms with van der Waals surface area (Å²) in [5, 5.41) is 15.2. The predicted molar refractivity (Wildman–Crippen MR) is 176 cm³/mol. The number of halogens is 3. The molecule has 0 spiro atoms. The fourth-order valence-electron chi connectivity index (χ4n) is 6.10. The van der Waals surface area contributed by atoms with Gasteiger partial charge in [0.05, 0.1) is 25.2 Å². The van der Waals surface area contributed by atoms with E-state index in [0.29, 0.717) is 48.3 Å². The zero-order chi connectivity index (χ0) is 34.3. The second kappa shape index (κ2) is 15.2. The van der Waals surface area contributed by atoms with Crippen LogP contribution in [0.2, 0.25) is 0 Å². The minimum atomic E-state index is -4.45. The lowest BCUT2D eigenvalue weighted by Crippen LogP contribution is -2.48. The summed E-state index contributed by atoms with van der Waals surface area (Å²) >= 11 is 0. The number of esters is 1. The molecule has 0 aliphatic carbocycles. The summed E-state index contributed by atoms with van der Waals surface area (Å²) in [6.45, 7) is 0.780. The van der Waals surface area contributed by atoms with E-state index in [1.807, 2.05) is 42.5 Å². The Morgan fingerprint density at radius 2 is 1.50 bits per heavy atom. The molecule has 1 saturated heterocycles. The van der Waals surface area contributed by atoms with Crippen LogP contribution in [-0.4, -0.2) is 55.7 Å². The van der Waals surface area contributed by atoms with Crippen LogP contribution in [0.5, 0.6) is 0 Å². The smallest absolute Gasteiger partial charge is 0.416 e. The van der Waals surface area contributed by atoms with E-state index < -0.39 is 36.3 Å². The third kappa shape index (κ3) is 8.03. The Kier molecular flexibility index (Phi) is 10.8. The Bertz CT molecular complexity index is 1710. The number of ether oxygens (including phenoxy) is 1. The van der Waals surface area contributed by atoms with Crippen molar-refractivity contribution in [1.82, 2.24) is 5.32 Å². The summed E-state index contributed by atoms with van der Waals surface area (Å²) < 4.78 is 43.8. The van der Waals surface area contributed by atoms with Gasteiger partial charge >= 0.3 is 12.1 Å². The molecular formula is C37H36F3N3O5. The maximum absolute atomic E-state index is 13.4. The van der Waals surface area contributed by atoms with Crippen LogP contribution in [0.4, 0.5) is 24.5 Å². The van der Waals surface area contributed by atoms with Gasteiger partial charge in [-0.05, 0) is 77.9 Å². The number of amides is 2. The highest BCUT2D eigenvalue weighted by atomic mass is 19.4. The van der Waals surface area contributed by atoms with Gasteiger partial charge in [-0.25, -0.2) is 4.79 Å². The molecule has 4 aromatic rings. The van der Waals surface area contributed by atoms with Crippen LogP contribution in [0, 0.1) is 5.92 Å². The van der Waals surface area contributed by atoms with E-state index in [2.05, 4.69) is 15.5 Å². The Morgan fingerprint density at radius 1 is 0.875 bits per heavy atom. The van der Waals surface area contributed by atoms with Crippen LogP contribution in [0.3, 0.4) is 0 Å². The Labute approximate surface area is 276 Å². The van der Waals surface area contributed by atoms with Crippen molar-refractivity contribution in [3.8, 4) is 11.1 Å². The number of nitrogens with zero attached hydrogens (tertiary/aromatic N) is 1. The van der Waals surface area contributed by atoms with E-state index in [4.69, 9.17) is 4.74 Å². The third-order valence-corrected chi connectivity index (χ3v) is 8.62. The fourth-order valence-corrected chi connectivity index (χ4v) is 6.10. The zero-order valence-corrected chi connectivity index (χ0v) is 26.2. The molecule has 5 rings (SSSR count). The van der Waals surface area contributed by atoms with Crippen molar-refractivity contribution in [3.05, 3.63) is 120 Å². The molecular weight excluding hydrogens is 623 g/mol. The first kappa shape index (κ1) is 34.2. The number of benzene rings is 4. The standard InChI is InChI=1S/C37H36F3N3O5/c1-48-36(47)32(23-44)42-35(46)33(25-7-3-2-4-8-25)26-19-21-43(22-20-26)29-17-15-28(16-18-29)41-34(45)31-10-6-5-9-30(31)24-11-13-27(14-12-24)37(38,39)40/h2-18,26,32-33,44H,19-23H2,1H3,(H,41,45)(H,42,46). The molecule has 1 aliphatic heterocycles. The number of aliphatic hydroxyl groups excluding tert-OH is 1. The van der Waals surface area contributed by atoms with E-state index in [1.54, 1.807) is 36.4 Å². The highest BCUT2D eigenvalue weighted by Crippen LogP contribution is 2.35. The van der Waals surface area contributed by atoms with Crippen molar-refractivity contribution in [2.75, 3.05) is 37.0 Å². The van der Waals surface area contributed by atoms with Crippen LogP contribution in [-0.2, 0) is 20.5 Å². The van der Waals surface area contributed by atoms with Gasteiger partial charge in [0.25, 0.3) is 5.91 Å². The van der Waals surface area contributed by atoms with Gasteiger partial charge in [-0.2, -0.15) is 13.2 Å². The highest BCUT2D eigenvalue weighted by Gasteiger charge is 2.35. The van der Waals surface area contributed by atoms with E-state index in [0.717, 1.165) is 23.4 Å². The molecule has 48 heavy (non-hydrogen) atoms. The van der Waals surface area contributed by atoms with Gasteiger partial charge in [-0.3, -0.25) is 9.59 Å². The summed E-state index contributed by atoms with van der Waals surface area (Å²) in [5.41, 5.74) is 2.92. The predicted octanol–water partition coefficient (Wildman–Crippen LogP) is 6.28. The van der Waals surface area contributed by atoms with E-state index in [9.17, 15) is 32.7 Å². The molecule has 2 amide bonds. The molecule has 4 aromatic carbocycles. The van der Waals surface area contributed by atoms with Crippen molar-refractivity contribution in [3.63, 3.8) is 0 Å². The molecule has 1 fully saturated rings. The van der Waals surface area contributed by atoms with E-state index >= 15 is 0 Å². The van der Waals surface area contributed by atoms with Gasteiger partial charge < -0.3 is 25.4 Å². The van der Waals surface area contributed by atoms with E-state index in [1.165, 1.54) is 19.2 Å². The first-order valence-electron chi connectivity index (χ1n) is 15.6. The number of nitrogens with one attached hydrogen (secondary N) is 2. The molecule has 3 N–H and O–H groups in total. The van der Waals surface area contributed by atoms with Gasteiger partial charge in [-0.15, -0.1) is 0 Å². The van der Waals surface area contributed by atoms with Crippen LogP contribution >= 0.6 is 0 Å². The number of methoxy groups -OCH3 is 1.